The third kappa shape index (κ3) is 2.66. The van der Waals surface area contributed by atoms with Gasteiger partial charge >= 0.3 is 0 Å². The van der Waals surface area contributed by atoms with Crippen molar-refractivity contribution in [3.63, 3.8) is 0 Å². The second kappa shape index (κ2) is 6.02. The number of hydrazine groups is 1. The number of amides is 1. The summed E-state index contributed by atoms with van der Waals surface area (Å²) in [5.74, 6) is 5.79. The summed E-state index contributed by atoms with van der Waals surface area (Å²) in [6.45, 7) is 3.99. The van der Waals surface area contributed by atoms with E-state index in [2.05, 4.69) is 10.4 Å². The first kappa shape index (κ1) is 14.5. The lowest BCUT2D eigenvalue weighted by atomic mass is 10.1. The molecule has 1 heterocycles. The number of para-hydroxylation sites is 1. The first-order valence-corrected chi connectivity index (χ1v) is 7.05. The van der Waals surface area contributed by atoms with Gasteiger partial charge in [-0.25, -0.2) is 10.8 Å². The van der Waals surface area contributed by atoms with E-state index in [9.17, 15) is 4.79 Å². The van der Waals surface area contributed by atoms with E-state index in [1.165, 1.54) is 11.3 Å². The van der Waals surface area contributed by atoms with Crippen molar-refractivity contribution in [3.8, 4) is 16.3 Å². The third-order valence-electron chi connectivity index (χ3n) is 2.87. The smallest absolute Gasteiger partial charge is 0.277 e. The highest BCUT2D eigenvalue weighted by Crippen LogP contribution is 2.36. The molecule has 0 aliphatic heterocycles. The Kier molecular flexibility index (Phi) is 4.36. The molecule has 2 aromatic rings. The quantitative estimate of drug-likeness (QED) is 0.515. The summed E-state index contributed by atoms with van der Waals surface area (Å²) in [6, 6.07) is 7.60. The van der Waals surface area contributed by atoms with E-state index in [0.717, 1.165) is 22.0 Å². The number of rotatable bonds is 4. The zero-order chi connectivity index (χ0) is 14.7. The van der Waals surface area contributed by atoms with Gasteiger partial charge in [0.1, 0.15) is 15.6 Å². The van der Waals surface area contributed by atoms with Crippen LogP contribution in [0.25, 0.3) is 10.6 Å². The Hall–Kier alpha value is -1.92. The number of carbonyl (C=O) groups is 1. The van der Waals surface area contributed by atoms with Gasteiger partial charge in [-0.15, -0.1) is 11.3 Å². The van der Waals surface area contributed by atoms with Crippen LogP contribution < -0.4 is 16.0 Å². The number of nitrogens with one attached hydrogen (secondary N) is 1. The molecule has 3 N–H and O–H groups in total. The van der Waals surface area contributed by atoms with Gasteiger partial charge in [-0.05, 0) is 18.1 Å². The van der Waals surface area contributed by atoms with E-state index in [0.29, 0.717) is 4.88 Å². The lowest BCUT2D eigenvalue weighted by molar-refractivity contribution is 0.0956. The van der Waals surface area contributed by atoms with Gasteiger partial charge in [-0.3, -0.25) is 10.2 Å². The molecule has 0 radical (unpaired) electrons. The minimum absolute atomic E-state index is 0.141. The molecule has 0 aliphatic carbocycles. The summed E-state index contributed by atoms with van der Waals surface area (Å²) in [6.07, 6.45) is 0. The maximum atomic E-state index is 11.8. The molecule has 1 aromatic heterocycles. The van der Waals surface area contributed by atoms with Crippen LogP contribution in [0.2, 0.25) is 0 Å². The van der Waals surface area contributed by atoms with Crippen molar-refractivity contribution in [1.29, 1.82) is 0 Å². The van der Waals surface area contributed by atoms with Gasteiger partial charge in [-0.1, -0.05) is 26.0 Å². The Bertz CT molecular complexity index is 623. The number of benzene rings is 1. The van der Waals surface area contributed by atoms with Gasteiger partial charge in [0, 0.05) is 0 Å². The molecule has 5 nitrogen and oxygen atoms in total. The summed E-state index contributed by atoms with van der Waals surface area (Å²) in [5.41, 5.74) is 3.79. The molecule has 0 aliphatic rings. The molecule has 0 spiro atoms. The highest BCUT2D eigenvalue weighted by atomic mass is 32.1. The molecule has 0 bridgehead atoms. The molecule has 20 heavy (non-hydrogen) atoms. The molecular weight excluding hydrogens is 274 g/mol. The van der Waals surface area contributed by atoms with E-state index in [1.807, 2.05) is 38.1 Å². The lowest BCUT2D eigenvalue weighted by Crippen LogP contribution is -2.30. The molecule has 0 saturated carbocycles. The number of nitrogens with zero attached hydrogens (tertiary/aromatic N) is 1. The molecule has 0 unspecified atom stereocenters. The molecule has 6 heteroatoms. The van der Waals surface area contributed by atoms with E-state index in [-0.39, 0.29) is 11.8 Å². The van der Waals surface area contributed by atoms with Gasteiger partial charge in [0.15, 0.2) is 0 Å². The highest BCUT2D eigenvalue weighted by Gasteiger charge is 2.21. The standard InChI is InChI=1S/C14H17N3O2S/c1-8(2)11-12(13(18)17-15)20-14(16-11)9-6-4-5-7-10(9)19-3/h4-8H,15H2,1-3H3,(H,17,18). The van der Waals surface area contributed by atoms with Crippen molar-refractivity contribution in [1.82, 2.24) is 10.4 Å². The van der Waals surface area contributed by atoms with Crippen molar-refractivity contribution in [2.75, 3.05) is 7.11 Å². The van der Waals surface area contributed by atoms with Crippen LogP contribution in [0, 0.1) is 0 Å². The SMILES string of the molecule is COc1ccccc1-c1nc(C(C)C)c(C(=O)NN)s1. The van der Waals surface area contributed by atoms with Crippen LogP contribution in [0.4, 0.5) is 0 Å². The molecule has 1 aromatic carbocycles. The summed E-state index contributed by atoms with van der Waals surface area (Å²) in [7, 11) is 1.61. The average molecular weight is 291 g/mol. The van der Waals surface area contributed by atoms with Gasteiger partial charge in [0.2, 0.25) is 0 Å². The number of thiazole rings is 1. The fraction of sp³-hybridized carbons (Fsp3) is 0.286. The minimum Gasteiger partial charge on any atom is -0.496 e. The monoisotopic (exact) mass is 291 g/mol. The van der Waals surface area contributed by atoms with Gasteiger partial charge in [0.25, 0.3) is 5.91 Å². The number of hydrogen-bond acceptors (Lipinski definition) is 5. The minimum atomic E-state index is -0.313. The summed E-state index contributed by atoms with van der Waals surface area (Å²) in [4.78, 5) is 17.0. The first-order chi connectivity index (χ1) is 9.58. The van der Waals surface area contributed by atoms with E-state index in [4.69, 9.17) is 10.6 Å². The Balaban J connectivity index is 2.56. The maximum absolute atomic E-state index is 11.8. The van der Waals surface area contributed by atoms with Crippen molar-refractivity contribution in [2.45, 2.75) is 19.8 Å². The number of nitrogens with two attached hydrogens (primary N) is 1. The normalized spacial score (nSPS) is 10.7. The number of carbonyl (C=O) groups excluding carboxylic acids is 1. The number of ether oxygens (including phenoxy) is 1. The zero-order valence-corrected chi connectivity index (χ0v) is 12.5. The largest absolute Gasteiger partial charge is 0.496 e. The number of nitrogen functional groups attached to an aromatic ring is 1. The number of hydrogen-bond donors (Lipinski definition) is 2. The van der Waals surface area contributed by atoms with Crippen molar-refractivity contribution in [3.05, 3.63) is 34.8 Å². The predicted octanol–water partition coefficient (Wildman–Crippen LogP) is 2.55. The molecule has 0 fully saturated rings. The van der Waals surface area contributed by atoms with Crippen LogP contribution in [0.3, 0.4) is 0 Å². The Labute approximate surface area is 121 Å². The van der Waals surface area contributed by atoms with Crippen molar-refractivity contribution >= 4 is 17.2 Å². The van der Waals surface area contributed by atoms with Crippen LogP contribution in [-0.2, 0) is 0 Å². The fourth-order valence-electron chi connectivity index (χ4n) is 1.89. The van der Waals surface area contributed by atoms with Crippen LogP contribution in [-0.4, -0.2) is 18.0 Å². The van der Waals surface area contributed by atoms with E-state index in [1.54, 1.807) is 7.11 Å². The fourth-order valence-corrected chi connectivity index (χ4v) is 3.04. The Morgan fingerprint density at radius 3 is 2.70 bits per heavy atom. The summed E-state index contributed by atoms with van der Waals surface area (Å²) >= 11 is 1.32. The Morgan fingerprint density at radius 1 is 1.40 bits per heavy atom. The molecule has 0 saturated heterocycles. The van der Waals surface area contributed by atoms with Gasteiger partial charge in [0.05, 0.1) is 18.4 Å². The molecule has 0 atom stereocenters. The highest BCUT2D eigenvalue weighted by molar-refractivity contribution is 7.17. The molecule has 106 valence electrons. The van der Waals surface area contributed by atoms with Crippen LogP contribution in [0.5, 0.6) is 5.75 Å². The second-order valence-corrected chi connectivity index (χ2v) is 5.56. The van der Waals surface area contributed by atoms with Crippen molar-refractivity contribution < 1.29 is 9.53 Å². The van der Waals surface area contributed by atoms with Crippen molar-refractivity contribution in [2.24, 2.45) is 5.84 Å². The predicted molar refractivity (Wildman–Crippen MR) is 79.8 cm³/mol. The topological polar surface area (TPSA) is 77.2 Å². The summed E-state index contributed by atoms with van der Waals surface area (Å²) in [5, 5.41) is 0.754. The van der Waals surface area contributed by atoms with Crippen LogP contribution in [0.1, 0.15) is 35.1 Å². The van der Waals surface area contributed by atoms with Crippen LogP contribution in [0.15, 0.2) is 24.3 Å². The molecular formula is C14H17N3O2S. The Morgan fingerprint density at radius 2 is 2.10 bits per heavy atom. The second-order valence-electron chi connectivity index (χ2n) is 4.56. The zero-order valence-electron chi connectivity index (χ0n) is 11.6. The van der Waals surface area contributed by atoms with Gasteiger partial charge < -0.3 is 4.74 Å². The van der Waals surface area contributed by atoms with E-state index >= 15 is 0 Å². The van der Waals surface area contributed by atoms with Gasteiger partial charge in [-0.2, -0.15) is 0 Å². The van der Waals surface area contributed by atoms with Crippen LogP contribution >= 0.6 is 11.3 Å². The maximum Gasteiger partial charge on any atom is 0.277 e. The van der Waals surface area contributed by atoms with E-state index < -0.39 is 0 Å². The summed E-state index contributed by atoms with van der Waals surface area (Å²) < 4.78 is 5.34. The average Bonchev–Trinajstić information content (AvgIpc) is 2.91. The third-order valence-corrected chi connectivity index (χ3v) is 3.98. The molecule has 1 amide bonds. The lowest BCUT2D eigenvalue weighted by Gasteiger charge is -2.04. The first-order valence-electron chi connectivity index (χ1n) is 6.23. The number of aromatic nitrogens is 1. The molecule has 2 rings (SSSR count). The number of methoxy groups -OCH3 is 1.